The third-order valence-corrected chi connectivity index (χ3v) is 5.58. The summed E-state index contributed by atoms with van der Waals surface area (Å²) in [5.74, 6) is 0.529. The Morgan fingerprint density at radius 2 is 2.00 bits per heavy atom. The van der Waals surface area contributed by atoms with Gasteiger partial charge in [0.2, 0.25) is 0 Å². The molecule has 0 aliphatic rings. The Labute approximate surface area is 178 Å². The molecule has 0 aliphatic carbocycles. The van der Waals surface area contributed by atoms with Crippen LogP contribution >= 0.6 is 11.3 Å². The average molecular weight is 419 g/mol. The number of amides is 1. The largest absolute Gasteiger partial charge is 0.492 e. The second-order valence-corrected chi connectivity index (χ2v) is 7.64. The molecule has 30 heavy (non-hydrogen) atoms. The van der Waals surface area contributed by atoms with Crippen molar-refractivity contribution in [2.24, 2.45) is 12.8 Å². The lowest BCUT2D eigenvalue weighted by Crippen LogP contribution is -2.13. The molecule has 3 N–H and O–H groups in total. The molecule has 0 fully saturated rings. The second-order valence-electron chi connectivity index (χ2n) is 6.70. The van der Waals surface area contributed by atoms with Crippen molar-refractivity contribution < 1.29 is 9.53 Å². The van der Waals surface area contributed by atoms with E-state index >= 15 is 0 Å². The first-order valence-electron chi connectivity index (χ1n) is 9.56. The highest BCUT2D eigenvalue weighted by Crippen LogP contribution is 2.32. The molecule has 6 nitrogen and oxygen atoms in total. The fraction of sp³-hybridized carbons (Fsp3) is 0.130. The van der Waals surface area contributed by atoms with Gasteiger partial charge in [0.05, 0.1) is 5.69 Å². The van der Waals surface area contributed by atoms with Crippen LogP contribution in [0.2, 0.25) is 0 Å². The van der Waals surface area contributed by atoms with Gasteiger partial charge in [-0.1, -0.05) is 18.2 Å². The van der Waals surface area contributed by atoms with Crippen molar-refractivity contribution >= 4 is 22.9 Å². The topological polar surface area (TPSA) is 82.2 Å². The first-order chi connectivity index (χ1) is 14.7. The molecule has 152 valence electrons. The van der Waals surface area contributed by atoms with E-state index in [9.17, 15) is 4.79 Å². The summed E-state index contributed by atoms with van der Waals surface area (Å²) in [6.07, 6.45) is 1.72. The Hall–Kier alpha value is -3.42. The molecule has 7 heteroatoms. The maximum atomic E-state index is 12.8. The highest BCUT2D eigenvalue weighted by Gasteiger charge is 2.13. The first kappa shape index (κ1) is 19.9. The molecule has 2 aromatic carbocycles. The van der Waals surface area contributed by atoms with E-state index < -0.39 is 0 Å². The number of carbonyl (C=O) groups excluding carboxylic acids is 1. The number of carbonyl (C=O) groups is 1. The van der Waals surface area contributed by atoms with Crippen LogP contribution < -0.4 is 15.8 Å². The Kier molecular flexibility index (Phi) is 5.92. The third kappa shape index (κ3) is 4.27. The summed E-state index contributed by atoms with van der Waals surface area (Å²) >= 11 is 1.67. The number of rotatable bonds is 7. The van der Waals surface area contributed by atoms with Crippen molar-refractivity contribution in [3.8, 4) is 27.4 Å². The zero-order valence-corrected chi connectivity index (χ0v) is 17.4. The zero-order valence-electron chi connectivity index (χ0n) is 16.5. The normalized spacial score (nSPS) is 10.7. The van der Waals surface area contributed by atoms with Crippen LogP contribution in [0.3, 0.4) is 0 Å². The van der Waals surface area contributed by atoms with E-state index in [1.54, 1.807) is 22.2 Å². The number of aryl methyl sites for hydroxylation is 1. The summed E-state index contributed by atoms with van der Waals surface area (Å²) in [4.78, 5) is 13.9. The van der Waals surface area contributed by atoms with Gasteiger partial charge in [-0.15, -0.1) is 11.3 Å². The molecule has 0 saturated carbocycles. The maximum Gasteiger partial charge on any atom is 0.255 e. The number of nitrogens with one attached hydrogen (secondary N) is 1. The number of thiophene rings is 1. The smallest absolute Gasteiger partial charge is 0.255 e. The van der Waals surface area contributed by atoms with Crippen molar-refractivity contribution in [2.45, 2.75) is 0 Å². The highest BCUT2D eigenvalue weighted by molar-refractivity contribution is 7.13. The molecule has 0 radical (unpaired) electrons. The Bertz CT molecular complexity index is 1130. The van der Waals surface area contributed by atoms with E-state index in [-0.39, 0.29) is 5.91 Å². The summed E-state index contributed by atoms with van der Waals surface area (Å²) < 4.78 is 7.54. The van der Waals surface area contributed by atoms with Crippen molar-refractivity contribution in [2.75, 3.05) is 18.5 Å². The van der Waals surface area contributed by atoms with Gasteiger partial charge in [-0.05, 0) is 53.4 Å². The fourth-order valence-electron chi connectivity index (χ4n) is 3.17. The lowest BCUT2D eigenvalue weighted by Gasteiger charge is -2.14. The predicted molar refractivity (Wildman–Crippen MR) is 121 cm³/mol. The average Bonchev–Trinajstić information content (AvgIpc) is 3.45. The molecule has 4 rings (SSSR count). The Morgan fingerprint density at radius 1 is 1.17 bits per heavy atom. The summed E-state index contributed by atoms with van der Waals surface area (Å²) in [5, 5.41) is 9.24. The van der Waals surface area contributed by atoms with Crippen LogP contribution in [0, 0.1) is 0 Å². The minimum Gasteiger partial charge on any atom is -0.492 e. The number of hydrogen-bond donors (Lipinski definition) is 2. The molecule has 0 aliphatic heterocycles. The van der Waals surface area contributed by atoms with Gasteiger partial charge in [-0.25, -0.2) is 0 Å². The lowest BCUT2D eigenvalue weighted by atomic mass is 10.1. The summed E-state index contributed by atoms with van der Waals surface area (Å²) in [7, 11) is 1.86. The van der Waals surface area contributed by atoms with Crippen LogP contribution in [-0.2, 0) is 7.05 Å². The van der Waals surface area contributed by atoms with E-state index in [0.717, 1.165) is 16.8 Å². The summed E-state index contributed by atoms with van der Waals surface area (Å²) in [6, 6.07) is 19.1. The molecule has 0 bridgehead atoms. The monoisotopic (exact) mass is 418 g/mol. The molecule has 0 saturated heterocycles. The van der Waals surface area contributed by atoms with Crippen molar-refractivity contribution in [1.29, 1.82) is 0 Å². The maximum absolute atomic E-state index is 12.8. The number of anilines is 1. The van der Waals surface area contributed by atoms with Crippen LogP contribution in [0.15, 0.2) is 72.2 Å². The molecular formula is C23H22N4O2S. The number of benzene rings is 2. The van der Waals surface area contributed by atoms with E-state index in [4.69, 9.17) is 10.5 Å². The number of nitrogens with zero attached hydrogens (tertiary/aromatic N) is 2. The van der Waals surface area contributed by atoms with Crippen LogP contribution in [-0.4, -0.2) is 28.8 Å². The van der Waals surface area contributed by atoms with Crippen molar-refractivity contribution in [1.82, 2.24) is 9.78 Å². The van der Waals surface area contributed by atoms with E-state index in [2.05, 4.69) is 16.5 Å². The molecular weight excluding hydrogens is 396 g/mol. The van der Waals surface area contributed by atoms with Crippen molar-refractivity contribution in [3.05, 3.63) is 77.8 Å². The van der Waals surface area contributed by atoms with Gasteiger partial charge in [-0.3, -0.25) is 9.48 Å². The number of ether oxygens (including phenoxy) is 1. The second kappa shape index (κ2) is 8.94. The third-order valence-electron chi connectivity index (χ3n) is 4.66. The predicted octanol–water partition coefficient (Wildman–Crippen LogP) is 4.41. The number of hydrogen-bond acceptors (Lipinski definition) is 5. The van der Waals surface area contributed by atoms with Gasteiger partial charge in [0.15, 0.2) is 0 Å². The van der Waals surface area contributed by atoms with Gasteiger partial charge >= 0.3 is 0 Å². The summed E-state index contributed by atoms with van der Waals surface area (Å²) in [5.41, 5.74) is 9.68. The number of nitrogens with two attached hydrogens (primary N) is 1. The van der Waals surface area contributed by atoms with E-state index in [1.165, 1.54) is 4.88 Å². The van der Waals surface area contributed by atoms with E-state index in [1.807, 2.05) is 67.0 Å². The molecule has 0 atom stereocenters. The molecule has 2 aromatic heterocycles. The quantitative estimate of drug-likeness (QED) is 0.466. The molecule has 1 amide bonds. The van der Waals surface area contributed by atoms with Gasteiger partial charge < -0.3 is 15.8 Å². The highest BCUT2D eigenvalue weighted by atomic mass is 32.1. The van der Waals surface area contributed by atoms with Gasteiger partial charge in [0.1, 0.15) is 12.4 Å². The Balaban J connectivity index is 1.56. The molecule has 4 aromatic rings. The molecule has 0 unspecified atom stereocenters. The lowest BCUT2D eigenvalue weighted by molar-refractivity contribution is 0.102. The van der Waals surface area contributed by atoms with Gasteiger partial charge in [0.25, 0.3) is 5.91 Å². The fourth-order valence-corrected chi connectivity index (χ4v) is 3.91. The van der Waals surface area contributed by atoms with Crippen LogP contribution in [0.25, 0.3) is 21.7 Å². The van der Waals surface area contributed by atoms with Gasteiger partial charge in [-0.2, -0.15) is 5.10 Å². The van der Waals surface area contributed by atoms with Gasteiger partial charge in [0, 0.05) is 41.5 Å². The standard InChI is InChI=1S/C23H22N4O2S/c1-27-20(10-12-25-27)19-15-18(8-9-21(19)29-13-11-24)26-23(28)17-6-4-16(5-7-17)22-3-2-14-30-22/h2-10,12,14-15H,11,13,24H2,1H3,(H,26,28). The summed E-state index contributed by atoms with van der Waals surface area (Å²) in [6.45, 7) is 0.831. The van der Waals surface area contributed by atoms with E-state index in [0.29, 0.717) is 30.2 Å². The van der Waals surface area contributed by atoms with Crippen LogP contribution in [0.5, 0.6) is 5.75 Å². The molecule has 2 heterocycles. The first-order valence-corrected chi connectivity index (χ1v) is 10.4. The SMILES string of the molecule is Cn1nccc1-c1cc(NC(=O)c2ccc(-c3cccs3)cc2)ccc1OCCN. The van der Waals surface area contributed by atoms with Crippen molar-refractivity contribution in [3.63, 3.8) is 0 Å². The minimum absolute atomic E-state index is 0.167. The zero-order chi connectivity index (χ0) is 20.9. The molecule has 0 spiro atoms. The number of aromatic nitrogens is 2. The van der Waals surface area contributed by atoms with Crippen LogP contribution in [0.4, 0.5) is 5.69 Å². The minimum atomic E-state index is -0.167. The Morgan fingerprint density at radius 3 is 2.67 bits per heavy atom. The van der Waals surface area contributed by atoms with Crippen LogP contribution in [0.1, 0.15) is 10.4 Å².